The van der Waals surface area contributed by atoms with Crippen molar-refractivity contribution in [2.24, 2.45) is 5.92 Å². The molecule has 2 N–H and O–H groups in total. The Morgan fingerprint density at radius 2 is 2.40 bits per heavy atom. The van der Waals surface area contributed by atoms with Crippen LogP contribution in [0, 0.1) is 5.92 Å². The highest BCUT2D eigenvalue weighted by atomic mass is 16.4. The summed E-state index contributed by atoms with van der Waals surface area (Å²) < 4.78 is 0. The third kappa shape index (κ3) is 1.16. The lowest BCUT2D eigenvalue weighted by Crippen LogP contribution is -2.35. The molecule has 0 amide bonds. The quantitative estimate of drug-likeness (QED) is 0.499. The second kappa shape index (κ2) is 2.79. The average molecular weight is 143 g/mol. The topological polar surface area (TPSA) is 66.4 Å². The number of aldehydes is 1. The second-order valence-corrected chi connectivity index (χ2v) is 2.36. The van der Waals surface area contributed by atoms with E-state index in [0.717, 1.165) is 0 Å². The van der Waals surface area contributed by atoms with E-state index in [1.165, 1.54) is 0 Å². The largest absolute Gasteiger partial charge is 0.480 e. The summed E-state index contributed by atoms with van der Waals surface area (Å²) in [6.07, 6.45) is 1.35. The number of aliphatic carboxylic acids is 1. The molecular weight excluding hydrogens is 134 g/mol. The van der Waals surface area contributed by atoms with Gasteiger partial charge in [-0.05, 0) is 13.0 Å². The smallest absolute Gasteiger partial charge is 0.321 e. The Balaban J connectivity index is 2.58. The van der Waals surface area contributed by atoms with Gasteiger partial charge in [-0.25, -0.2) is 0 Å². The van der Waals surface area contributed by atoms with E-state index < -0.39 is 12.0 Å². The number of carboxylic acids is 1. The molecular formula is C6H9NO3. The van der Waals surface area contributed by atoms with Crippen molar-refractivity contribution < 1.29 is 14.7 Å². The van der Waals surface area contributed by atoms with Gasteiger partial charge in [0.2, 0.25) is 0 Å². The number of carbonyl (C=O) groups is 2. The lowest BCUT2D eigenvalue weighted by atomic mass is 10.0. The molecule has 1 saturated heterocycles. The predicted molar refractivity (Wildman–Crippen MR) is 33.6 cm³/mol. The van der Waals surface area contributed by atoms with Crippen LogP contribution in [0.2, 0.25) is 0 Å². The summed E-state index contributed by atoms with van der Waals surface area (Å²) in [6.45, 7) is 0.625. The Morgan fingerprint density at radius 3 is 2.80 bits per heavy atom. The zero-order chi connectivity index (χ0) is 7.56. The van der Waals surface area contributed by atoms with Crippen molar-refractivity contribution in [1.82, 2.24) is 5.32 Å². The highest BCUT2D eigenvalue weighted by Gasteiger charge is 2.31. The summed E-state index contributed by atoms with van der Waals surface area (Å²) in [6, 6.07) is -0.655. The normalized spacial score (nSPS) is 32.0. The molecule has 2 atom stereocenters. The van der Waals surface area contributed by atoms with Gasteiger partial charge in [-0.1, -0.05) is 0 Å². The monoisotopic (exact) mass is 143 g/mol. The molecule has 0 aromatic rings. The average Bonchev–Trinajstić information content (AvgIpc) is 2.33. The fraction of sp³-hybridized carbons (Fsp3) is 0.667. The van der Waals surface area contributed by atoms with Crippen LogP contribution in [0.1, 0.15) is 6.42 Å². The molecule has 0 aromatic heterocycles. The van der Waals surface area contributed by atoms with Crippen molar-refractivity contribution in [2.75, 3.05) is 6.54 Å². The molecule has 1 aliphatic heterocycles. The third-order valence-electron chi connectivity index (χ3n) is 1.71. The standard InChI is InChI=1S/C6H9NO3/c8-3-4-1-2-7-5(4)6(9)10/h3-5,7H,1-2H2,(H,9,10)/t4-,5+/m1/s1. The van der Waals surface area contributed by atoms with Crippen molar-refractivity contribution in [3.05, 3.63) is 0 Å². The van der Waals surface area contributed by atoms with Crippen LogP contribution in [0.4, 0.5) is 0 Å². The molecule has 0 bridgehead atoms. The van der Waals surface area contributed by atoms with Crippen molar-refractivity contribution in [1.29, 1.82) is 0 Å². The minimum Gasteiger partial charge on any atom is -0.480 e. The Bertz CT molecular complexity index is 157. The zero-order valence-corrected chi connectivity index (χ0v) is 5.41. The van der Waals surface area contributed by atoms with Gasteiger partial charge >= 0.3 is 5.97 Å². The van der Waals surface area contributed by atoms with Gasteiger partial charge in [0.1, 0.15) is 12.3 Å². The minimum atomic E-state index is -0.936. The fourth-order valence-electron chi connectivity index (χ4n) is 1.14. The summed E-state index contributed by atoms with van der Waals surface area (Å²) in [5.74, 6) is -1.27. The van der Waals surface area contributed by atoms with Gasteiger partial charge < -0.3 is 15.2 Å². The van der Waals surface area contributed by atoms with Gasteiger partial charge in [-0.3, -0.25) is 4.79 Å². The molecule has 1 aliphatic rings. The van der Waals surface area contributed by atoms with Crippen LogP contribution in [-0.2, 0) is 9.59 Å². The first-order valence-corrected chi connectivity index (χ1v) is 3.17. The fourth-order valence-corrected chi connectivity index (χ4v) is 1.14. The first-order chi connectivity index (χ1) is 4.75. The molecule has 0 aromatic carbocycles. The molecule has 0 radical (unpaired) electrons. The van der Waals surface area contributed by atoms with Crippen molar-refractivity contribution in [3.63, 3.8) is 0 Å². The van der Waals surface area contributed by atoms with E-state index in [2.05, 4.69) is 5.32 Å². The van der Waals surface area contributed by atoms with Gasteiger partial charge in [0, 0.05) is 5.92 Å². The number of hydrogen-bond donors (Lipinski definition) is 2. The molecule has 10 heavy (non-hydrogen) atoms. The summed E-state index contributed by atoms with van der Waals surface area (Å²) >= 11 is 0. The van der Waals surface area contributed by atoms with Gasteiger partial charge in [0.15, 0.2) is 0 Å². The Hall–Kier alpha value is -0.900. The molecule has 56 valence electrons. The number of carbonyl (C=O) groups excluding carboxylic acids is 1. The summed E-state index contributed by atoms with van der Waals surface area (Å²) in [7, 11) is 0. The van der Waals surface area contributed by atoms with E-state index >= 15 is 0 Å². The van der Waals surface area contributed by atoms with E-state index in [-0.39, 0.29) is 5.92 Å². The molecule has 0 aliphatic carbocycles. The van der Waals surface area contributed by atoms with E-state index in [1.807, 2.05) is 0 Å². The van der Waals surface area contributed by atoms with E-state index in [1.54, 1.807) is 0 Å². The summed E-state index contributed by atoms with van der Waals surface area (Å²) in [5, 5.41) is 11.2. The van der Waals surface area contributed by atoms with Crippen molar-refractivity contribution in [2.45, 2.75) is 12.5 Å². The van der Waals surface area contributed by atoms with E-state index in [9.17, 15) is 9.59 Å². The van der Waals surface area contributed by atoms with Gasteiger partial charge in [0.25, 0.3) is 0 Å². The first kappa shape index (κ1) is 7.21. The van der Waals surface area contributed by atoms with Crippen LogP contribution < -0.4 is 5.32 Å². The molecule has 0 saturated carbocycles. The van der Waals surface area contributed by atoms with E-state index in [0.29, 0.717) is 19.3 Å². The molecule has 1 rings (SSSR count). The number of nitrogens with one attached hydrogen (secondary N) is 1. The Kier molecular flexibility index (Phi) is 2.01. The van der Waals surface area contributed by atoms with Crippen LogP contribution in [-0.4, -0.2) is 29.9 Å². The van der Waals surface area contributed by atoms with Crippen LogP contribution >= 0.6 is 0 Å². The minimum absolute atomic E-state index is 0.336. The summed E-state index contributed by atoms with van der Waals surface area (Å²) in [5.41, 5.74) is 0. The van der Waals surface area contributed by atoms with Crippen LogP contribution in [0.15, 0.2) is 0 Å². The maximum absolute atomic E-state index is 10.3. The SMILES string of the molecule is O=C[C@H]1CCN[C@@H]1C(=O)O. The number of rotatable bonds is 2. The van der Waals surface area contributed by atoms with Crippen LogP contribution in [0.5, 0.6) is 0 Å². The second-order valence-electron chi connectivity index (χ2n) is 2.36. The molecule has 1 fully saturated rings. The molecule has 4 nitrogen and oxygen atoms in total. The number of carboxylic acid groups (broad SMARTS) is 1. The lowest BCUT2D eigenvalue weighted by Gasteiger charge is -2.06. The number of hydrogen-bond acceptors (Lipinski definition) is 3. The summed E-state index contributed by atoms with van der Waals surface area (Å²) in [4.78, 5) is 20.6. The van der Waals surface area contributed by atoms with Crippen LogP contribution in [0.25, 0.3) is 0 Å². The van der Waals surface area contributed by atoms with Gasteiger partial charge in [-0.15, -0.1) is 0 Å². The Morgan fingerprint density at radius 1 is 1.70 bits per heavy atom. The van der Waals surface area contributed by atoms with E-state index in [4.69, 9.17) is 5.11 Å². The molecule has 1 heterocycles. The van der Waals surface area contributed by atoms with Crippen LogP contribution in [0.3, 0.4) is 0 Å². The van der Waals surface area contributed by atoms with Gasteiger partial charge in [0.05, 0.1) is 0 Å². The highest BCUT2D eigenvalue weighted by molar-refractivity contribution is 5.79. The zero-order valence-electron chi connectivity index (χ0n) is 5.41. The van der Waals surface area contributed by atoms with Crippen molar-refractivity contribution >= 4 is 12.3 Å². The van der Waals surface area contributed by atoms with Crippen molar-refractivity contribution in [3.8, 4) is 0 Å². The predicted octanol–water partition coefficient (Wildman–Crippen LogP) is -0.752. The third-order valence-corrected chi connectivity index (χ3v) is 1.71. The van der Waals surface area contributed by atoms with Gasteiger partial charge in [-0.2, -0.15) is 0 Å². The molecule has 0 unspecified atom stereocenters. The maximum Gasteiger partial charge on any atom is 0.321 e. The highest BCUT2D eigenvalue weighted by Crippen LogP contribution is 2.12. The molecule has 0 spiro atoms. The maximum atomic E-state index is 10.3. The first-order valence-electron chi connectivity index (χ1n) is 3.17. The molecule has 4 heteroatoms. The Labute approximate surface area is 58.2 Å². The lowest BCUT2D eigenvalue weighted by molar-refractivity contribution is -0.141.